The number of benzene rings is 1. The first kappa shape index (κ1) is 10.2. The van der Waals surface area contributed by atoms with Crippen molar-refractivity contribution in [3.8, 4) is 6.07 Å². The number of hydrogen-bond donors (Lipinski definition) is 1. The molecule has 80 valence electrons. The Morgan fingerprint density at radius 3 is 2.88 bits per heavy atom. The number of fused-ring (bicyclic) bond motifs is 1. The Morgan fingerprint density at radius 2 is 2.31 bits per heavy atom. The smallest absolute Gasteiger partial charge is 0.335 e. The molecule has 1 aromatic heterocycles. The first-order chi connectivity index (χ1) is 7.67. The van der Waals surface area contributed by atoms with Gasteiger partial charge in [-0.25, -0.2) is 4.79 Å². The zero-order valence-corrected chi connectivity index (χ0v) is 8.77. The summed E-state index contributed by atoms with van der Waals surface area (Å²) in [6.07, 6.45) is 1.75. The predicted molar refractivity (Wildman–Crippen MR) is 59.3 cm³/mol. The fraction of sp³-hybridized carbons (Fsp3) is 0.167. The molecule has 0 fully saturated rings. The number of carboxylic acids is 1. The van der Waals surface area contributed by atoms with Gasteiger partial charge in [-0.1, -0.05) is 6.07 Å². The Labute approximate surface area is 92.3 Å². The summed E-state index contributed by atoms with van der Waals surface area (Å²) in [5.74, 6) is -0.954. The zero-order valence-electron chi connectivity index (χ0n) is 8.77. The van der Waals surface area contributed by atoms with Crippen LogP contribution >= 0.6 is 0 Å². The third kappa shape index (κ3) is 1.43. The lowest BCUT2D eigenvalue weighted by molar-refractivity contribution is 0.0697. The van der Waals surface area contributed by atoms with Crippen molar-refractivity contribution in [2.75, 3.05) is 0 Å². The monoisotopic (exact) mass is 214 g/mol. The van der Waals surface area contributed by atoms with E-state index < -0.39 is 5.97 Å². The number of nitrogens with zero attached hydrogens (tertiary/aromatic N) is 2. The van der Waals surface area contributed by atoms with Crippen LogP contribution in [0.5, 0.6) is 0 Å². The van der Waals surface area contributed by atoms with Gasteiger partial charge in [0.25, 0.3) is 0 Å². The zero-order chi connectivity index (χ0) is 11.7. The van der Waals surface area contributed by atoms with Crippen molar-refractivity contribution < 1.29 is 9.90 Å². The third-order valence-corrected chi connectivity index (χ3v) is 2.59. The molecule has 2 rings (SSSR count). The maximum absolute atomic E-state index is 10.8. The second-order valence-corrected chi connectivity index (χ2v) is 3.48. The number of carboxylic acid groups (broad SMARTS) is 1. The van der Waals surface area contributed by atoms with Crippen molar-refractivity contribution in [3.05, 3.63) is 35.5 Å². The molecule has 1 heterocycles. The minimum Gasteiger partial charge on any atom is -0.478 e. The molecule has 0 saturated carbocycles. The second-order valence-electron chi connectivity index (χ2n) is 3.48. The Hall–Kier alpha value is -2.28. The van der Waals surface area contributed by atoms with Crippen LogP contribution in [0.15, 0.2) is 24.4 Å². The van der Waals surface area contributed by atoms with Crippen LogP contribution in [-0.2, 0) is 6.54 Å². The van der Waals surface area contributed by atoms with Gasteiger partial charge in [0.1, 0.15) is 6.07 Å². The highest BCUT2D eigenvalue weighted by Gasteiger charge is 2.10. The van der Waals surface area contributed by atoms with E-state index in [0.29, 0.717) is 12.1 Å². The number of hydrogen-bond acceptors (Lipinski definition) is 2. The topological polar surface area (TPSA) is 66.0 Å². The van der Waals surface area contributed by atoms with E-state index in [4.69, 9.17) is 10.4 Å². The molecule has 0 aliphatic carbocycles. The summed E-state index contributed by atoms with van der Waals surface area (Å²) < 4.78 is 1.88. The van der Waals surface area contributed by atoms with Crippen molar-refractivity contribution in [3.63, 3.8) is 0 Å². The number of aryl methyl sites for hydroxylation is 1. The maximum atomic E-state index is 10.8. The van der Waals surface area contributed by atoms with Crippen LogP contribution in [0.4, 0.5) is 0 Å². The van der Waals surface area contributed by atoms with Crippen molar-refractivity contribution in [2.45, 2.75) is 13.5 Å². The summed E-state index contributed by atoms with van der Waals surface area (Å²) in [4.78, 5) is 10.8. The quantitative estimate of drug-likeness (QED) is 0.833. The summed E-state index contributed by atoms with van der Waals surface area (Å²) in [6.45, 7) is 2.66. The van der Waals surface area contributed by atoms with Gasteiger partial charge in [0.05, 0.1) is 16.6 Å². The van der Waals surface area contributed by atoms with Crippen LogP contribution in [-0.4, -0.2) is 15.6 Å². The Bertz CT molecular complexity index is 605. The van der Waals surface area contributed by atoms with Gasteiger partial charge < -0.3 is 9.67 Å². The lowest BCUT2D eigenvalue weighted by Crippen LogP contribution is -1.97. The average Bonchev–Trinajstić information content (AvgIpc) is 2.65. The van der Waals surface area contributed by atoms with Gasteiger partial charge in [-0.3, -0.25) is 0 Å². The molecular formula is C12H10N2O2. The summed E-state index contributed by atoms with van der Waals surface area (Å²) in [5, 5.41) is 18.6. The molecule has 0 aliphatic heterocycles. The lowest BCUT2D eigenvalue weighted by atomic mass is 10.1. The molecular weight excluding hydrogens is 204 g/mol. The van der Waals surface area contributed by atoms with E-state index in [0.717, 1.165) is 10.9 Å². The van der Waals surface area contributed by atoms with Crippen molar-refractivity contribution in [1.82, 2.24) is 4.57 Å². The van der Waals surface area contributed by atoms with E-state index in [1.165, 1.54) is 6.07 Å². The first-order valence-corrected chi connectivity index (χ1v) is 4.93. The molecule has 0 spiro atoms. The molecule has 0 bridgehead atoms. The standard InChI is InChI=1S/C12H10N2O2/c1-2-14-7-9(6-13)10-4-3-8(12(15)16)5-11(10)14/h3-5,7H,2H2,1H3,(H,15,16). The van der Waals surface area contributed by atoms with Crippen molar-refractivity contribution in [1.29, 1.82) is 5.26 Å². The average molecular weight is 214 g/mol. The Kier molecular flexibility index (Phi) is 2.37. The highest BCUT2D eigenvalue weighted by molar-refractivity contribution is 5.95. The van der Waals surface area contributed by atoms with Crippen LogP contribution in [0, 0.1) is 11.3 Å². The molecule has 1 aromatic carbocycles. The van der Waals surface area contributed by atoms with Crippen LogP contribution in [0.25, 0.3) is 10.9 Å². The van der Waals surface area contributed by atoms with Crippen LogP contribution < -0.4 is 0 Å². The molecule has 0 aliphatic rings. The number of nitriles is 1. The lowest BCUT2D eigenvalue weighted by Gasteiger charge is -2.01. The highest BCUT2D eigenvalue weighted by Crippen LogP contribution is 2.22. The van der Waals surface area contributed by atoms with E-state index >= 15 is 0 Å². The van der Waals surface area contributed by atoms with Crippen molar-refractivity contribution >= 4 is 16.9 Å². The van der Waals surface area contributed by atoms with Gasteiger partial charge in [0.2, 0.25) is 0 Å². The van der Waals surface area contributed by atoms with Crippen LogP contribution in [0.2, 0.25) is 0 Å². The second kappa shape index (κ2) is 3.70. The van der Waals surface area contributed by atoms with Gasteiger partial charge in [-0.15, -0.1) is 0 Å². The fourth-order valence-electron chi connectivity index (χ4n) is 1.78. The van der Waals surface area contributed by atoms with Gasteiger partial charge >= 0.3 is 5.97 Å². The molecule has 0 radical (unpaired) electrons. The summed E-state index contributed by atoms with van der Waals surface area (Å²) in [7, 11) is 0. The highest BCUT2D eigenvalue weighted by atomic mass is 16.4. The number of aromatic nitrogens is 1. The van der Waals surface area contributed by atoms with E-state index in [1.807, 2.05) is 11.5 Å². The van der Waals surface area contributed by atoms with Gasteiger partial charge in [0, 0.05) is 18.1 Å². The molecule has 0 unspecified atom stereocenters. The fourth-order valence-corrected chi connectivity index (χ4v) is 1.78. The minimum atomic E-state index is -0.954. The third-order valence-electron chi connectivity index (χ3n) is 2.59. The van der Waals surface area contributed by atoms with Crippen LogP contribution in [0.1, 0.15) is 22.8 Å². The van der Waals surface area contributed by atoms with Crippen molar-refractivity contribution in [2.24, 2.45) is 0 Å². The predicted octanol–water partition coefficient (Wildman–Crippen LogP) is 2.23. The van der Waals surface area contributed by atoms with Gasteiger partial charge in [-0.2, -0.15) is 5.26 Å². The number of rotatable bonds is 2. The summed E-state index contributed by atoms with van der Waals surface area (Å²) in [5.41, 5.74) is 1.61. The molecule has 0 atom stereocenters. The molecule has 0 amide bonds. The SMILES string of the molecule is CCn1cc(C#N)c2ccc(C(=O)O)cc21. The molecule has 1 N–H and O–H groups in total. The van der Waals surface area contributed by atoms with Gasteiger partial charge in [0.15, 0.2) is 0 Å². The van der Waals surface area contributed by atoms with E-state index in [2.05, 4.69) is 6.07 Å². The van der Waals surface area contributed by atoms with E-state index in [-0.39, 0.29) is 5.56 Å². The number of aromatic carboxylic acids is 1. The van der Waals surface area contributed by atoms with Crippen LogP contribution in [0.3, 0.4) is 0 Å². The first-order valence-electron chi connectivity index (χ1n) is 4.93. The normalized spacial score (nSPS) is 10.2. The maximum Gasteiger partial charge on any atom is 0.335 e. The molecule has 0 saturated heterocycles. The largest absolute Gasteiger partial charge is 0.478 e. The van der Waals surface area contributed by atoms with Gasteiger partial charge in [-0.05, 0) is 19.1 Å². The molecule has 16 heavy (non-hydrogen) atoms. The molecule has 4 heteroatoms. The summed E-state index contributed by atoms with van der Waals surface area (Å²) in [6, 6.07) is 6.91. The molecule has 2 aromatic rings. The summed E-state index contributed by atoms with van der Waals surface area (Å²) >= 11 is 0. The molecule has 4 nitrogen and oxygen atoms in total. The van der Waals surface area contributed by atoms with E-state index in [9.17, 15) is 4.79 Å². The Balaban J connectivity index is 2.77. The minimum absolute atomic E-state index is 0.241. The number of carbonyl (C=O) groups is 1. The Morgan fingerprint density at radius 1 is 1.56 bits per heavy atom. The van der Waals surface area contributed by atoms with E-state index in [1.54, 1.807) is 18.3 Å².